The highest BCUT2D eigenvalue weighted by atomic mass is 19.4. The summed E-state index contributed by atoms with van der Waals surface area (Å²) in [5.74, 6) is -1.17. The van der Waals surface area contributed by atoms with Gasteiger partial charge in [0.2, 0.25) is 5.91 Å². The summed E-state index contributed by atoms with van der Waals surface area (Å²) in [5.41, 5.74) is -1.11. The van der Waals surface area contributed by atoms with E-state index in [4.69, 9.17) is 4.74 Å². The van der Waals surface area contributed by atoms with Crippen molar-refractivity contribution in [2.45, 2.75) is 32.5 Å². The molecule has 0 aliphatic carbocycles. The maximum absolute atomic E-state index is 12.7. The third-order valence-electron chi connectivity index (χ3n) is 3.76. The minimum Gasteiger partial charge on any atom is -0.462 e. The third kappa shape index (κ3) is 5.97. The van der Waals surface area contributed by atoms with Gasteiger partial charge in [-0.1, -0.05) is 13.3 Å². The largest absolute Gasteiger partial charge is 0.462 e. The molecule has 1 heterocycles. The Morgan fingerprint density at radius 2 is 1.79 bits per heavy atom. The highest BCUT2D eigenvalue weighted by Crippen LogP contribution is 2.28. The van der Waals surface area contributed by atoms with Crippen LogP contribution in [0.4, 0.5) is 18.9 Å². The number of esters is 1. The molecule has 0 radical (unpaired) electrons. The van der Waals surface area contributed by atoms with Crippen LogP contribution in [0.1, 0.15) is 35.7 Å². The van der Waals surface area contributed by atoms with Crippen molar-refractivity contribution in [1.29, 1.82) is 0 Å². The van der Waals surface area contributed by atoms with E-state index in [2.05, 4.69) is 5.32 Å². The summed E-state index contributed by atoms with van der Waals surface area (Å²) < 4.78 is 43.9. The second-order valence-corrected chi connectivity index (χ2v) is 6.00. The van der Waals surface area contributed by atoms with Crippen LogP contribution in [0, 0.1) is 0 Å². The highest BCUT2D eigenvalue weighted by Gasteiger charge is 2.31. The van der Waals surface area contributed by atoms with E-state index in [1.165, 1.54) is 24.3 Å². The Morgan fingerprint density at radius 1 is 1.11 bits per heavy atom. The maximum Gasteiger partial charge on any atom is 0.417 e. The Hall–Kier alpha value is -3.10. The van der Waals surface area contributed by atoms with Crippen molar-refractivity contribution in [3.05, 3.63) is 64.1 Å². The van der Waals surface area contributed by atoms with Gasteiger partial charge in [-0.2, -0.15) is 13.2 Å². The Morgan fingerprint density at radius 3 is 2.39 bits per heavy atom. The van der Waals surface area contributed by atoms with Crippen LogP contribution in [-0.4, -0.2) is 23.1 Å². The Balaban J connectivity index is 2.00. The number of nitrogens with zero attached hydrogens (tertiary/aromatic N) is 1. The minimum atomic E-state index is -4.62. The Bertz CT molecular complexity index is 889. The summed E-state index contributed by atoms with van der Waals surface area (Å²) in [6.07, 6.45) is -2.37. The number of carbonyl (C=O) groups excluding carboxylic acids is 2. The van der Waals surface area contributed by atoms with E-state index in [0.717, 1.165) is 18.9 Å². The maximum atomic E-state index is 12.7. The van der Waals surface area contributed by atoms with Crippen molar-refractivity contribution >= 4 is 17.6 Å². The molecule has 1 amide bonds. The second kappa shape index (κ2) is 9.20. The Labute approximate surface area is 158 Å². The summed E-state index contributed by atoms with van der Waals surface area (Å²) in [5, 5.41) is 2.46. The van der Waals surface area contributed by atoms with Crippen molar-refractivity contribution in [3.8, 4) is 0 Å². The molecule has 0 saturated carbocycles. The fraction of sp³-hybridized carbons (Fsp3) is 0.316. The van der Waals surface area contributed by atoms with E-state index < -0.39 is 35.7 Å². The first-order valence-corrected chi connectivity index (χ1v) is 8.55. The van der Waals surface area contributed by atoms with Crippen LogP contribution >= 0.6 is 0 Å². The van der Waals surface area contributed by atoms with Crippen molar-refractivity contribution in [2.24, 2.45) is 0 Å². The number of hydrogen-bond acceptors (Lipinski definition) is 4. The van der Waals surface area contributed by atoms with Gasteiger partial charge in [-0.25, -0.2) is 4.79 Å². The van der Waals surface area contributed by atoms with Crippen molar-refractivity contribution in [2.75, 3.05) is 11.9 Å². The normalized spacial score (nSPS) is 11.1. The van der Waals surface area contributed by atoms with Gasteiger partial charge >= 0.3 is 12.1 Å². The smallest absolute Gasteiger partial charge is 0.417 e. The molecular formula is C19H19F3N2O4. The van der Waals surface area contributed by atoms with Gasteiger partial charge < -0.3 is 14.6 Å². The molecule has 0 bridgehead atoms. The van der Waals surface area contributed by atoms with Gasteiger partial charge in [0.25, 0.3) is 5.56 Å². The zero-order chi connectivity index (χ0) is 20.7. The molecule has 0 saturated heterocycles. The number of hydrogen-bond donors (Lipinski definition) is 1. The lowest BCUT2D eigenvalue weighted by Gasteiger charge is -2.11. The number of carbonyl (C=O) groups is 2. The first-order chi connectivity index (χ1) is 13.2. The van der Waals surface area contributed by atoms with E-state index in [1.807, 2.05) is 6.92 Å². The van der Waals surface area contributed by atoms with Crippen LogP contribution in [0.15, 0.2) is 47.4 Å². The summed E-state index contributed by atoms with van der Waals surface area (Å²) >= 11 is 0. The summed E-state index contributed by atoms with van der Waals surface area (Å²) in [4.78, 5) is 35.5. The predicted octanol–water partition coefficient (Wildman–Crippen LogP) is 3.46. The summed E-state index contributed by atoms with van der Waals surface area (Å²) in [6.45, 7) is 1.71. The molecule has 150 valence electrons. The molecule has 1 aromatic carbocycles. The number of anilines is 1. The number of pyridine rings is 1. The highest BCUT2D eigenvalue weighted by molar-refractivity contribution is 5.93. The molecule has 1 aromatic heterocycles. The Kier molecular flexibility index (Phi) is 6.97. The van der Waals surface area contributed by atoms with E-state index >= 15 is 0 Å². The minimum absolute atomic E-state index is 0.309. The molecule has 1 N–H and O–H groups in total. The second-order valence-electron chi connectivity index (χ2n) is 6.00. The third-order valence-corrected chi connectivity index (χ3v) is 3.76. The number of aromatic nitrogens is 1. The molecule has 0 aliphatic heterocycles. The predicted molar refractivity (Wildman–Crippen MR) is 96.0 cm³/mol. The first-order valence-electron chi connectivity index (χ1n) is 8.55. The van der Waals surface area contributed by atoms with Crippen LogP contribution in [0.2, 0.25) is 0 Å². The lowest BCUT2D eigenvalue weighted by molar-refractivity contribution is -0.138. The molecule has 28 heavy (non-hydrogen) atoms. The number of nitrogens with one attached hydrogen (secondary N) is 1. The molecule has 0 fully saturated rings. The van der Waals surface area contributed by atoms with E-state index in [1.54, 1.807) is 0 Å². The van der Waals surface area contributed by atoms with Gasteiger partial charge in [-0.15, -0.1) is 0 Å². The standard InChI is InChI=1S/C19H19F3N2O4/c1-2-3-10-28-18(27)13-4-7-15(8-5-13)23-16(25)12-24-11-14(19(20,21)22)6-9-17(24)26/h4-9,11H,2-3,10,12H2,1H3,(H,23,25). The van der Waals surface area contributed by atoms with E-state index in [9.17, 15) is 27.6 Å². The fourth-order valence-electron chi connectivity index (χ4n) is 2.26. The van der Waals surface area contributed by atoms with Crippen molar-refractivity contribution in [1.82, 2.24) is 4.57 Å². The number of amides is 1. The lowest BCUT2D eigenvalue weighted by atomic mass is 10.2. The van der Waals surface area contributed by atoms with Crippen LogP contribution < -0.4 is 10.9 Å². The molecular weight excluding hydrogens is 377 g/mol. The average molecular weight is 396 g/mol. The van der Waals surface area contributed by atoms with Crippen molar-refractivity contribution < 1.29 is 27.5 Å². The van der Waals surface area contributed by atoms with Gasteiger partial charge in [-0.3, -0.25) is 9.59 Å². The van der Waals surface area contributed by atoms with Gasteiger partial charge in [-0.05, 0) is 36.8 Å². The molecule has 2 rings (SSSR count). The first kappa shape index (κ1) is 21.2. The summed E-state index contributed by atoms with van der Waals surface area (Å²) in [7, 11) is 0. The zero-order valence-corrected chi connectivity index (χ0v) is 15.1. The number of halogens is 3. The monoisotopic (exact) mass is 396 g/mol. The molecule has 0 atom stereocenters. The van der Waals surface area contributed by atoms with Gasteiger partial charge in [0, 0.05) is 18.0 Å². The van der Waals surface area contributed by atoms with Gasteiger partial charge in [0.1, 0.15) is 6.54 Å². The summed E-state index contributed by atoms with van der Waals surface area (Å²) in [6, 6.07) is 7.26. The van der Waals surface area contributed by atoms with E-state index in [-0.39, 0.29) is 0 Å². The van der Waals surface area contributed by atoms with Gasteiger partial charge in [0.15, 0.2) is 0 Å². The molecule has 9 heteroatoms. The molecule has 2 aromatic rings. The molecule has 0 spiro atoms. The average Bonchev–Trinajstić information content (AvgIpc) is 2.63. The molecule has 6 nitrogen and oxygen atoms in total. The van der Waals surface area contributed by atoms with Crippen LogP contribution in [0.25, 0.3) is 0 Å². The van der Waals surface area contributed by atoms with Crippen LogP contribution in [0.3, 0.4) is 0 Å². The van der Waals surface area contributed by atoms with Crippen molar-refractivity contribution in [3.63, 3.8) is 0 Å². The SMILES string of the molecule is CCCCOC(=O)c1ccc(NC(=O)Cn2cc(C(F)(F)F)ccc2=O)cc1. The molecule has 0 aliphatic rings. The number of unbranched alkanes of at least 4 members (excludes halogenated alkanes) is 1. The number of rotatable bonds is 7. The zero-order valence-electron chi connectivity index (χ0n) is 15.1. The van der Waals surface area contributed by atoms with Gasteiger partial charge in [0.05, 0.1) is 17.7 Å². The van der Waals surface area contributed by atoms with E-state index in [0.29, 0.717) is 34.7 Å². The fourth-order valence-corrected chi connectivity index (χ4v) is 2.26. The number of benzene rings is 1. The quantitative estimate of drug-likeness (QED) is 0.574. The lowest BCUT2D eigenvalue weighted by Crippen LogP contribution is -2.28. The topological polar surface area (TPSA) is 77.4 Å². The number of ether oxygens (including phenoxy) is 1. The van der Waals surface area contributed by atoms with Crippen LogP contribution in [0.5, 0.6) is 0 Å². The molecule has 0 unspecified atom stereocenters. The number of alkyl halides is 3. The van der Waals surface area contributed by atoms with Crippen LogP contribution in [-0.2, 0) is 22.3 Å².